The van der Waals surface area contributed by atoms with Crippen molar-refractivity contribution in [1.82, 2.24) is 10.2 Å². The van der Waals surface area contributed by atoms with Gasteiger partial charge in [-0.05, 0) is 35.7 Å². The fourth-order valence-electron chi connectivity index (χ4n) is 2.27. The van der Waals surface area contributed by atoms with Crippen LogP contribution in [0.15, 0.2) is 48.5 Å². The second-order valence-electron chi connectivity index (χ2n) is 5.78. The van der Waals surface area contributed by atoms with Crippen LogP contribution in [0.25, 0.3) is 0 Å². The summed E-state index contributed by atoms with van der Waals surface area (Å²) in [5.41, 5.74) is 3.77. The minimum atomic E-state index is -0.0276. The van der Waals surface area contributed by atoms with E-state index in [1.165, 1.54) is 0 Å². The van der Waals surface area contributed by atoms with Crippen LogP contribution in [0.5, 0.6) is 0 Å². The third kappa shape index (κ3) is 4.68. The first kappa shape index (κ1) is 16.7. The Hall–Kier alpha value is -2.62. The second-order valence-corrected chi connectivity index (χ2v) is 5.78. The van der Waals surface area contributed by atoms with Gasteiger partial charge in [0.05, 0.1) is 6.42 Å². The summed E-state index contributed by atoms with van der Waals surface area (Å²) >= 11 is 0. The molecule has 0 aliphatic carbocycles. The van der Waals surface area contributed by atoms with E-state index in [4.69, 9.17) is 0 Å². The number of carbonyl (C=O) groups is 2. The number of amides is 2. The average Bonchev–Trinajstić information content (AvgIpc) is 2.55. The first-order valence-corrected chi connectivity index (χ1v) is 7.59. The lowest BCUT2D eigenvalue weighted by Gasteiger charge is -2.11. The Morgan fingerprint density at radius 2 is 1.65 bits per heavy atom. The Kier molecular flexibility index (Phi) is 5.52. The van der Waals surface area contributed by atoms with Crippen molar-refractivity contribution in [3.8, 4) is 0 Å². The first-order chi connectivity index (χ1) is 11.0. The number of benzene rings is 2. The fraction of sp³-hybridized carbons (Fsp3) is 0.263. The fourth-order valence-corrected chi connectivity index (χ4v) is 2.27. The molecule has 0 fully saturated rings. The number of hydrogen-bond donors (Lipinski definition) is 1. The van der Waals surface area contributed by atoms with Crippen molar-refractivity contribution in [1.29, 1.82) is 0 Å². The van der Waals surface area contributed by atoms with Gasteiger partial charge < -0.3 is 10.2 Å². The molecule has 0 bridgehead atoms. The van der Waals surface area contributed by atoms with Gasteiger partial charge in [-0.1, -0.05) is 36.4 Å². The SMILES string of the molecule is Cc1ccccc1CC(=O)NCc1ccc(C(=O)N(C)C)cc1. The maximum Gasteiger partial charge on any atom is 0.253 e. The summed E-state index contributed by atoms with van der Waals surface area (Å²) in [4.78, 5) is 25.4. The molecular weight excluding hydrogens is 288 g/mol. The van der Waals surface area contributed by atoms with Crippen LogP contribution in [-0.4, -0.2) is 30.8 Å². The first-order valence-electron chi connectivity index (χ1n) is 7.59. The van der Waals surface area contributed by atoms with Crippen LogP contribution >= 0.6 is 0 Å². The molecule has 23 heavy (non-hydrogen) atoms. The van der Waals surface area contributed by atoms with Crippen molar-refractivity contribution in [2.45, 2.75) is 19.9 Å². The Morgan fingerprint density at radius 1 is 1.00 bits per heavy atom. The highest BCUT2D eigenvalue weighted by Gasteiger charge is 2.08. The summed E-state index contributed by atoms with van der Waals surface area (Å²) in [6, 6.07) is 15.2. The summed E-state index contributed by atoms with van der Waals surface area (Å²) in [7, 11) is 3.45. The van der Waals surface area contributed by atoms with Crippen LogP contribution in [0, 0.1) is 6.92 Å². The van der Waals surface area contributed by atoms with Crippen molar-refractivity contribution in [2.75, 3.05) is 14.1 Å². The lowest BCUT2D eigenvalue weighted by atomic mass is 10.1. The molecule has 0 atom stereocenters. The molecule has 1 N–H and O–H groups in total. The number of nitrogens with one attached hydrogen (secondary N) is 1. The molecule has 2 rings (SSSR count). The maximum atomic E-state index is 12.0. The van der Waals surface area contributed by atoms with Gasteiger partial charge in [0.15, 0.2) is 0 Å². The third-order valence-electron chi connectivity index (χ3n) is 3.71. The number of carbonyl (C=O) groups excluding carboxylic acids is 2. The molecule has 2 amide bonds. The van der Waals surface area contributed by atoms with Crippen molar-refractivity contribution >= 4 is 11.8 Å². The highest BCUT2D eigenvalue weighted by molar-refractivity contribution is 5.93. The predicted octanol–water partition coefficient (Wildman–Crippen LogP) is 2.56. The van der Waals surface area contributed by atoms with Gasteiger partial charge in [0.25, 0.3) is 5.91 Å². The van der Waals surface area contributed by atoms with Gasteiger partial charge in [-0.15, -0.1) is 0 Å². The minimum Gasteiger partial charge on any atom is -0.352 e. The van der Waals surface area contributed by atoms with E-state index in [0.29, 0.717) is 18.5 Å². The molecule has 0 saturated carbocycles. The van der Waals surface area contributed by atoms with Crippen molar-refractivity contribution in [3.63, 3.8) is 0 Å². The lowest BCUT2D eigenvalue weighted by Crippen LogP contribution is -2.25. The van der Waals surface area contributed by atoms with Gasteiger partial charge in [-0.25, -0.2) is 0 Å². The van der Waals surface area contributed by atoms with E-state index in [0.717, 1.165) is 16.7 Å². The summed E-state index contributed by atoms with van der Waals surface area (Å²) in [5, 5.41) is 2.91. The molecule has 0 radical (unpaired) electrons. The van der Waals surface area contributed by atoms with Gasteiger partial charge >= 0.3 is 0 Å². The van der Waals surface area contributed by atoms with Crippen molar-refractivity contribution in [2.24, 2.45) is 0 Å². The Morgan fingerprint density at radius 3 is 2.26 bits per heavy atom. The quantitative estimate of drug-likeness (QED) is 0.922. The Balaban J connectivity index is 1.89. The molecule has 0 saturated heterocycles. The van der Waals surface area contributed by atoms with Crippen molar-refractivity contribution < 1.29 is 9.59 Å². The molecule has 2 aromatic carbocycles. The maximum absolute atomic E-state index is 12.0. The number of aryl methyl sites for hydroxylation is 1. The predicted molar refractivity (Wildman–Crippen MR) is 91.2 cm³/mol. The van der Waals surface area contributed by atoms with Gasteiger partial charge in [0, 0.05) is 26.2 Å². The number of hydrogen-bond acceptors (Lipinski definition) is 2. The molecule has 0 spiro atoms. The van der Waals surface area contributed by atoms with E-state index in [2.05, 4.69) is 5.32 Å². The van der Waals surface area contributed by atoms with E-state index in [-0.39, 0.29) is 11.8 Å². The molecular formula is C19H22N2O2. The van der Waals surface area contributed by atoms with Gasteiger partial charge in [-0.3, -0.25) is 9.59 Å². The van der Waals surface area contributed by atoms with E-state index in [9.17, 15) is 9.59 Å². The molecule has 0 aliphatic heterocycles. The van der Waals surface area contributed by atoms with Crippen LogP contribution in [0.2, 0.25) is 0 Å². The highest BCUT2D eigenvalue weighted by atomic mass is 16.2. The molecule has 0 aliphatic rings. The normalized spacial score (nSPS) is 10.2. The Labute approximate surface area is 137 Å². The van der Waals surface area contributed by atoms with Crippen LogP contribution in [0.4, 0.5) is 0 Å². The number of rotatable bonds is 5. The zero-order chi connectivity index (χ0) is 16.8. The molecule has 2 aromatic rings. The highest BCUT2D eigenvalue weighted by Crippen LogP contribution is 2.09. The standard InChI is InChI=1S/C19H22N2O2/c1-14-6-4-5-7-17(14)12-18(22)20-13-15-8-10-16(11-9-15)19(23)21(2)3/h4-11H,12-13H2,1-3H3,(H,20,22). The largest absolute Gasteiger partial charge is 0.352 e. The van der Waals surface area contributed by atoms with Crippen LogP contribution in [0.3, 0.4) is 0 Å². The summed E-state index contributed by atoms with van der Waals surface area (Å²) in [5.74, 6) is -0.0344. The third-order valence-corrected chi connectivity index (χ3v) is 3.71. The van der Waals surface area contributed by atoms with Crippen molar-refractivity contribution in [3.05, 3.63) is 70.8 Å². The zero-order valence-corrected chi connectivity index (χ0v) is 13.8. The van der Waals surface area contributed by atoms with Crippen LogP contribution < -0.4 is 5.32 Å². The van der Waals surface area contributed by atoms with Gasteiger partial charge in [0.1, 0.15) is 0 Å². The smallest absolute Gasteiger partial charge is 0.253 e. The van der Waals surface area contributed by atoms with Crippen LogP contribution in [0.1, 0.15) is 27.0 Å². The van der Waals surface area contributed by atoms with E-state index in [1.54, 1.807) is 31.1 Å². The average molecular weight is 310 g/mol. The molecule has 4 nitrogen and oxygen atoms in total. The topological polar surface area (TPSA) is 49.4 Å². The lowest BCUT2D eigenvalue weighted by molar-refractivity contribution is -0.120. The summed E-state index contributed by atoms with van der Waals surface area (Å²) < 4.78 is 0. The molecule has 0 heterocycles. The van der Waals surface area contributed by atoms with E-state index in [1.807, 2.05) is 43.3 Å². The van der Waals surface area contributed by atoms with Gasteiger partial charge in [0.2, 0.25) is 5.91 Å². The summed E-state index contributed by atoms with van der Waals surface area (Å²) in [6.07, 6.45) is 0.379. The second kappa shape index (κ2) is 7.58. The monoisotopic (exact) mass is 310 g/mol. The Bertz CT molecular complexity index is 691. The van der Waals surface area contributed by atoms with E-state index >= 15 is 0 Å². The van der Waals surface area contributed by atoms with Gasteiger partial charge in [-0.2, -0.15) is 0 Å². The molecule has 4 heteroatoms. The minimum absolute atomic E-state index is 0.00672. The zero-order valence-electron chi connectivity index (χ0n) is 13.8. The molecule has 0 aromatic heterocycles. The van der Waals surface area contributed by atoms with E-state index < -0.39 is 0 Å². The molecule has 0 unspecified atom stereocenters. The van der Waals surface area contributed by atoms with Crippen LogP contribution in [-0.2, 0) is 17.8 Å². The summed E-state index contributed by atoms with van der Waals surface area (Å²) in [6.45, 7) is 2.46. The molecule has 120 valence electrons. The number of nitrogens with zero attached hydrogens (tertiary/aromatic N) is 1.